The van der Waals surface area contributed by atoms with Crippen molar-refractivity contribution < 1.29 is 0 Å². The van der Waals surface area contributed by atoms with Gasteiger partial charge in [0.2, 0.25) is 0 Å². The predicted molar refractivity (Wildman–Crippen MR) is 76.3 cm³/mol. The fourth-order valence-corrected chi connectivity index (χ4v) is 2.37. The Balaban J connectivity index is 2.12. The molecule has 0 bridgehead atoms. The van der Waals surface area contributed by atoms with E-state index < -0.39 is 0 Å². The van der Waals surface area contributed by atoms with Gasteiger partial charge in [-0.15, -0.1) is 0 Å². The van der Waals surface area contributed by atoms with Crippen LogP contribution in [-0.4, -0.2) is 13.1 Å². The van der Waals surface area contributed by atoms with Crippen LogP contribution >= 0.6 is 0 Å². The van der Waals surface area contributed by atoms with E-state index in [1.54, 1.807) is 6.08 Å². The minimum Gasteiger partial charge on any atom is -0.372 e. The maximum absolute atomic E-state index is 8.73. The van der Waals surface area contributed by atoms with Gasteiger partial charge in [-0.1, -0.05) is 25.0 Å². The number of anilines is 1. The fraction of sp³-hybridized carbons (Fsp3) is 0.375. The Morgan fingerprint density at radius 1 is 0.947 bits per heavy atom. The van der Waals surface area contributed by atoms with Crippen molar-refractivity contribution >= 4 is 11.8 Å². The van der Waals surface area contributed by atoms with Crippen LogP contribution in [0.25, 0.3) is 6.08 Å². The quantitative estimate of drug-likeness (QED) is 0.756. The van der Waals surface area contributed by atoms with Crippen LogP contribution in [0, 0.1) is 22.7 Å². The van der Waals surface area contributed by atoms with Gasteiger partial charge in [-0.25, -0.2) is 0 Å². The molecule has 1 aromatic rings. The molecule has 1 fully saturated rings. The number of hydrogen-bond acceptors (Lipinski definition) is 3. The predicted octanol–water partition coefficient (Wildman–Crippen LogP) is 3.50. The lowest BCUT2D eigenvalue weighted by Gasteiger charge is -2.22. The molecule has 1 aromatic carbocycles. The van der Waals surface area contributed by atoms with E-state index in [0.717, 1.165) is 18.7 Å². The molecule has 2 rings (SSSR count). The third-order valence-corrected chi connectivity index (χ3v) is 3.42. The Labute approximate surface area is 114 Å². The Morgan fingerprint density at radius 2 is 1.53 bits per heavy atom. The summed E-state index contributed by atoms with van der Waals surface area (Å²) >= 11 is 0. The van der Waals surface area contributed by atoms with Crippen molar-refractivity contribution in [1.29, 1.82) is 10.5 Å². The van der Waals surface area contributed by atoms with E-state index in [1.165, 1.54) is 31.4 Å². The van der Waals surface area contributed by atoms with Gasteiger partial charge in [-0.3, -0.25) is 0 Å². The van der Waals surface area contributed by atoms with Gasteiger partial charge < -0.3 is 4.90 Å². The van der Waals surface area contributed by atoms with Crippen LogP contribution in [0.15, 0.2) is 29.8 Å². The first-order valence-electron chi connectivity index (χ1n) is 6.70. The molecule has 19 heavy (non-hydrogen) atoms. The minimum atomic E-state index is 0.141. The van der Waals surface area contributed by atoms with Crippen molar-refractivity contribution in [2.75, 3.05) is 18.0 Å². The third-order valence-electron chi connectivity index (χ3n) is 3.42. The average molecular weight is 251 g/mol. The second-order valence-corrected chi connectivity index (χ2v) is 4.77. The van der Waals surface area contributed by atoms with Crippen LogP contribution in [-0.2, 0) is 0 Å². The molecule has 0 aliphatic carbocycles. The maximum Gasteiger partial charge on any atom is 0.130 e. The summed E-state index contributed by atoms with van der Waals surface area (Å²) in [4.78, 5) is 2.41. The van der Waals surface area contributed by atoms with Gasteiger partial charge >= 0.3 is 0 Å². The Bertz CT molecular complexity index is 505. The number of hydrogen-bond donors (Lipinski definition) is 0. The fourth-order valence-electron chi connectivity index (χ4n) is 2.37. The van der Waals surface area contributed by atoms with E-state index in [2.05, 4.69) is 17.0 Å². The number of benzene rings is 1. The highest BCUT2D eigenvalue weighted by Crippen LogP contribution is 2.20. The zero-order chi connectivity index (χ0) is 13.5. The van der Waals surface area contributed by atoms with Crippen LogP contribution in [0.3, 0.4) is 0 Å². The highest BCUT2D eigenvalue weighted by Gasteiger charge is 2.09. The van der Waals surface area contributed by atoms with Crippen molar-refractivity contribution in [2.24, 2.45) is 0 Å². The highest BCUT2D eigenvalue weighted by molar-refractivity contribution is 5.64. The number of nitrogens with zero attached hydrogens (tertiary/aromatic N) is 3. The molecular formula is C16H17N3. The SMILES string of the molecule is N#CC(C#N)=Cc1ccc(N2CCCCCC2)cc1. The van der Waals surface area contributed by atoms with Gasteiger partial charge in [-0.05, 0) is 36.6 Å². The average Bonchev–Trinajstić information content (AvgIpc) is 2.74. The highest BCUT2D eigenvalue weighted by atomic mass is 15.1. The van der Waals surface area contributed by atoms with E-state index in [1.807, 2.05) is 24.3 Å². The monoisotopic (exact) mass is 251 g/mol. The standard InChI is InChI=1S/C16H17N3/c17-12-15(13-18)11-14-5-7-16(8-6-14)19-9-3-1-2-4-10-19/h5-8,11H,1-4,9-10H2. The van der Waals surface area contributed by atoms with Crippen LogP contribution < -0.4 is 4.90 Å². The molecule has 1 heterocycles. The summed E-state index contributed by atoms with van der Waals surface area (Å²) in [5.41, 5.74) is 2.27. The van der Waals surface area contributed by atoms with Crippen LogP contribution in [0.4, 0.5) is 5.69 Å². The molecule has 96 valence electrons. The zero-order valence-electron chi connectivity index (χ0n) is 11.0. The molecule has 3 heteroatoms. The number of nitriles is 2. The van der Waals surface area contributed by atoms with E-state index in [4.69, 9.17) is 10.5 Å². The van der Waals surface area contributed by atoms with Gasteiger partial charge in [0.25, 0.3) is 0 Å². The first kappa shape index (κ1) is 13.2. The minimum absolute atomic E-state index is 0.141. The molecule has 0 N–H and O–H groups in total. The van der Waals surface area contributed by atoms with E-state index in [9.17, 15) is 0 Å². The molecule has 0 unspecified atom stereocenters. The maximum atomic E-state index is 8.73. The van der Waals surface area contributed by atoms with Crippen molar-refractivity contribution in [3.8, 4) is 12.1 Å². The summed E-state index contributed by atoms with van der Waals surface area (Å²) < 4.78 is 0. The lowest BCUT2D eigenvalue weighted by Crippen LogP contribution is -2.23. The van der Waals surface area contributed by atoms with Gasteiger partial charge in [0, 0.05) is 18.8 Å². The molecule has 0 aromatic heterocycles. The van der Waals surface area contributed by atoms with Crippen molar-refractivity contribution in [3.63, 3.8) is 0 Å². The van der Waals surface area contributed by atoms with E-state index in [0.29, 0.717) is 0 Å². The van der Waals surface area contributed by atoms with Gasteiger partial charge in [0.15, 0.2) is 0 Å². The summed E-state index contributed by atoms with van der Waals surface area (Å²) in [6.45, 7) is 2.24. The van der Waals surface area contributed by atoms with E-state index >= 15 is 0 Å². The summed E-state index contributed by atoms with van der Waals surface area (Å²) in [7, 11) is 0. The molecule has 0 saturated carbocycles. The lowest BCUT2D eigenvalue weighted by atomic mass is 10.1. The third kappa shape index (κ3) is 3.60. The van der Waals surface area contributed by atoms with Crippen LogP contribution in [0.2, 0.25) is 0 Å². The summed E-state index contributed by atoms with van der Waals surface area (Å²) in [6.07, 6.45) is 6.78. The number of allylic oxidation sites excluding steroid dienone is 1. The normalized spacial score (nSPS) is 14.9. The molecule has 0 spiro atoms. The second-order valence-electron chi connectivity index (χ2n) is 4.77. The molecule has 3 nitrogen and oxygen atoms in total. The molecule has 1 aliphatic heterocycles. The largest absolute Gasteiger partial charge is 0.372 e. The smallest absolute Gasteiger partial charge is 0.130 e. The lowest BCUT2D eigenvalue weighted by molar-refractivity contribution is 0.726. The van der Waals surface area contributed by atoms with Crippen molar-refractivity contribution in [3.05, 3.63) is 35.4 Å². The van der Waals surface area contributed by atoms with Gasteiger partial charge in [-0.2, -0.15) is 10.5 Å². The molecule has 0 atom stereocenters. The Morgan fingerprint density at radius 3 is 2.05 bits per heavy atom. The molecular weight excluding hydrogens is 234 g/mol. The number of rotatable bonds is 2. The summed E-state index contributed by atoms with van der Waals surface area (Å²) in [5, 5.41) is 17.5. The van der Waals surface area contributed by atoms with Gasteiger partial charge in [0.1, 0.15) is 17.7 Å². The van der Waals surface area contributed by atoms with Crippen LogP contribution in [0.1, 0.15) is 31.2 Å². The first-order chi connectivity index (χ1) is 9.33. The Kier molecular flexibility index (Phi) is 4.59. The second kappa shape index (κ2) is 6.61. The van der Waals surface area contributed by atoms with Crippen LogP contribution in [0.5, 0.6) is 0 Å². The van der Waals surface area contributed by atoms with Crippen molar-refractivity contribution in [1.82, 2.24) is 0 Å². The van der Waals surface area contributed by atoms with E-state index in [-0.39, 0.29) is 5.57 Å². The first-order valence-corrected chi connectivity index (χ1v) is 6.70. The topological polar surface area (TPSA) is 50.8 Å². The Hall–Kier alpha value is -2.26. The van der Waals surface area contributed by atoms with Gasteiger partial charge in [0.05, 0.1) is 0 Å². The molecule has 0 radical (unpaired) electrons. The molecule has 1 saturated heterocycles. The summed E-state index contributed by atoms with van der Waals surface area (Å²) in [6, 6.07) is 11.8. The summed E-state index contributed by atoms with van der Waals surface area (Å²) in [5.74, 6) is 0. The molecule has 1 aliphatic rings. The molecule has 0 amide bonds. The zero-order valence-corrected chi connectivity index (χ0v) is 11.0. The van der Waals surface area contributed by atoms with Crippen molar-refractivity contribution in [2.45, 2.75) is 25.7 Å².